The number of amides is 1. The highest BCUT2D eigenvalue weighted by atomic mass is 32.2. The van der Waals surface area contributed by atoms with Gasteiger partial charge in [0, 0.05) is 6.04 Å². The molecule has 1 heterocycles. The summed E-state index contributed by atoms with van der Waals surface area (Å²) in [6.45, 7) is 5.82. The Morgan fingerprint density at radius 3 is 2.71 bits per heavy atom. The van der Waals surface area contributed by atoms with Gasteiger partial charge in [0.1, 0.15) is 6.33 Å². The summed E-state index contributed by atoms with van der Waals surface area (Å²) in [7, 11) is 0. The van der Waals surface area contributed by atoms with Gasteiger partial charge in [0.05, 0.1) is 5.25 Å². The van der Waals surface area contributed by atoms with Gasteiger partial charge >= 0.3 is 0 Å². The van der Waals surface area contributed by atoms with Crippen LogP contribution in [0.25, 0.3) is 0 Å². The maximum absolute atomic E-state index is 10.9. The van der Waals surface area contributed by atoms with Gasteiger partial charge in [-0.05, 0) is 20.8 Å². The standard InChI is InChI=1S/C8H14N4OS/c1-5(2)12-4-10-11-8(12)14-6(3)7(9)13/h4-6H,1-3H3,(H2,9,13)/t6-/m1/s1. The molecular weight excluding hydrogens is 200 g/mol. The zero-order valence-corrected chi connectivity index (χ0v) is 9.28. The minimum absolute atomic E-state index is 0.281. The van der Waals surface area contributed by atoms with Gasteiger partial charge in [-0.15, -0.1) is 10.2 Å². The molecule has 5 nitrogen and oxygen atoms in total. The first kappa shape index (κ1) is 11.0. The highest BCUT2D eigenvalue weighted by Gasteiger charge is 2.15. The summed E-state index contributed by atoms with van der Waals surface area (Å²) < 4.78 is 1.91. The molecule has 78 valence electrons. The first-order chi connectivity index (χ1) is 6.52. The van der Waals surface area contributed by atoms with Crippen molar-refractivity contribution in [3.8, 4) is 0 Å². The first-order valence-electron chi connectivity index (χ1n) is 4.38. The smallest absolute Gasteiger partial charge is 0.230 e. The Hall–Kier alpha value is -1.04. The summed E-state index contributed by atoms with van der Waals surface area (Å²) in [5, 5.41) is 8.17. The Morgan fingerprint density at radius 1 is 1.57 bits per heavy atom. The molecule has 0 saturated heterocycles. The minimum Gasteiger partial charge on any atom is -0.369 e. The minimum atomic E-state index is -0.340. The third-order valence-corrected chi connectivity index (χ3v) is 2.87. The van der Waals surface area contributed by atoms with E-state index in [9.17, 15) is 4.79 Å². The molecule has 0 radical (unpaired) electrons. The fourth-order valence-corrected chi connectivity index (χ4v) is 1.79. The Labute approximate surface area is 87.1 Å². The average molecular weight is 214 g/mol. The number of aromatic nitrogens is 3. The van der Waals surface area contributed by atoms with Gasteiger partial charge < -0.3 is 10.3 Å². The molecule has 6 heteroatoms. The Kier molecular flexibility index (Phi) is 3.51. The lowest BCUT2D eigenvalue weighted by molar-refractivity contribution is -0.117. The van der Waals surface area contributed by atoms with Crippen molar-refractivity contribution >= 4 is 17.7 Å². The van der Waals surface area contributed by atoms with E-state index in [4.69, 9.17) is 5.73 Å². The molecule has 1 amide bonds. The molecule has 0 fully saturated rings. The average Bonchev–Trinajstić information content (AvgIpc) is 2.52. The molecule has 0 unspecified atom stereocenters. The number of hydrogen-bond donors (Lipinski definition) is 1. The van der Waals surface area contributed by atoms with Crippen LogP contribution in [0.15, 0.2) is 11.5 Å². The Balaban J connectivity index is 2.76. The van der Waals surface area contributed by atoms with Gasteiger partial charge in [-0.1, -0.05) is 11.8 Å². The molecule has 0 spiro atoms. The van der Waals surface area contributed by atoms with Gasteiger partial charge in [-0.3, -0.25) is 4.79 Å². The fourth-order valence-electron chi connectivity index (χ4n) is 0.887. The van der Waals surface area contributed by atoms with Crippen LogP contribution >= 0.6 is 11.8 Å². The van der Waals surface area contributed by atoms with Crippen molar-refractivity contribution in [1.82, 2.24) is 14.8 Å². The maximum atomic E-state index is 10.9. The largest absolute Gasteiger partial charge is 0.369 e. The number of nitrogens with two attached hydrogens (primary N) is 1. The van der Waals surface area contributed by atoms with Gasteiger partial charge in [-0.2, -0.15) is 0 Å². The van der Waals surface area contributed by atoms with Crippen molar-refractivity contribution < 1.29 is 4.79 Å². The summed E-state index contributed by atoms with van der Waals surface area (Å²) >= 11 is 1.33. The van der Waals surface area contributed by atoms with E-state index in [1.54, 1.807) is 13.3 Å². The fraction of sp³-hybridized carbons (Fsp3) is 0.625. The number of hydrogen-bond acceptors (Lipinski definition) is 4. The van der Waals surface area contributed by atoms with Crippen LogP contribution in [0, 0.1) is 0 Å². The normalized spacial score (nSPS) is 13.1. The van der Waals surface area contributed by atoms with E-state index in [-0.39, 0.29) is 17.2 Å². The van der Waals surface area contributed by atoms with Crippen LogP contribution in [0.3, 0.4) is 0 Å². The number of carbonyl (C=O) groups is 1. The van der Waals surface area contributed by atoms with Crippen LogP contribution in [0.5, 0.6) is 0 Å². The summed E-state index contributed by atoms with van der Waals surface area (Å²) in [5.74, 6) is -0.340. The van der Waals surface area contributed by atoms with Crippen molar-refractivity contribution in [2.45, 2.75) is 37.2 Å². The summed E-state index contributed by atoms with van der Waals surface area (Å²) in [5.41, 5.74) is 5.16. The second-order valence-electron chi connectivity index (χ2n) is 3.28. The van der Waals surface area contributed by atoms with E-state index in [2.05, 4.69) is 10.2 Å². The number of thioether (sulfide) groups is 1. The highest BCUT2D eigenvalue weighted by molar-refractivity contribution is 8.00. The molecule has 0 aliphatic rings. The number of rotatable bonds is 4. The van der Waals surface area contributed by atoms with Gasteiger partial charge in [0.15, 0.2) is 5.16 Å². The van der Waals surface area contributed by atoms with Gasteiger partial charge in [0.2, 0.25) is 5.91 Å². The van der Waals surface area contributed by atoms with Crippen molar-refractivity contribution in [3.05, 3.63) is 6.33 Å². The predicted octanol–water partition coefficient (Wildman–Crippen LogP) is 0.825. The Morgan fingerprint density at radius 2 is 2.21 bits per heavy atom. The first-order valence-corrected chi connectivity index (χ1v) is 5.25. The lowest BCUT2D eigenvalue weighted by Crippen LogP contribution is -2.23. The molecule has 2 N–H and O–H groups in total. The quantitative estimate of drug-likeness (QED) is 0.753. The lowest BCUT2D eigenvalue weighted by Gasteiger charge is -2.11. The van der Waals surface area contributed by atoms with Crippen molar-refractivity contribution in [3.63, 3.8) is 0 Å². The van der Waals surface area contributed by atoms with Crippen molar-refractivity contribution in [2.75, 3.05) is 0 Å². The molecular formula is C8H14N4OS. The maximum Gasteiger partial charge on any atom is 0.230 e. The summed E-state index contributed by atoms with van der Waals surface area (Å²) in [6.07, 6.45) is 1.65. The van der Waals surface area contributed by atoms with E-state index in [0.29, 0.717) is 0 Å². The molecule has 14 heavy (non-hydrogen) atoms. The highest BCUT2D eigenvalue weighted by Crippen LogP contribution is 2.22. The number of nitrogens with zero attached hydrogens (tertiary/aromatic N) is 3. The van der Waals surface area contributed by atoms with E-state index < -0.39 is 0 Å². The molecule has 0 bridgehead atoms. The summed E-state index contributed by atoms with van der Waals surface area (Å²) in [6, 6.07) is 0.285. The monoisotopic (exact) mass is 214 g/mol. The van der Waals surface area contributed by atoms with Crippen molar-refractivity contribution in [2.24, 2.45) is 5.73 Å². The lowest BCUT2D eigenvalue weighted by atomic mass is 10.4. The van der Waals surface area contributed by atoms with Gasteiger partial charge in [0.25, 0.3) is 0 Å². The number of primary amides is 1. The van der Waals surface area contributed by atoms with Crippen LogP contribution in [-0.4, -0.2) is 25.9 Å². The molecule has 0 aliphatic heterocycles. The zero-order valence-electron chi connectivity index (χ0n) is 8.47. The predicted molar refractivity (Wildman–Crippen MR) is 54.9 cm³/mol. The second-order valence-corrected chi connectivity index (χ2v) is 4.58. The molecule has 0 saturated carbocycles. The van der Waals surface area contributed by atoms with Crippen LogP contribution in [0.1, 0.15) is 26.8 Å². The van der Waals surface area contributed by atoms with Crippen LogP contribution < -0.4 is 5.73 Å². The van der Waals surface area contributed by atoms with Crippen LogP contribution in [0.4, 0.5) is 0 Å². The van der Waals surface area contributed by atoms with E-state index in [0.717, 1.165) is 5.16 Å². The molecule has 0 aromatic carbocycles. The zero-order chi connectivity index (χ0) is 10.7. The van der Waals surface area contributed by atoms with Crippen LogP contribution in [-0.2, 0) is 4.79 Å². The number of carbonyl (C=O) groups excluding carboxylic acids is 1. The van der Waals surface area contributed by atoms with E-state index in [1.165, 1.54) is 11.8 Å². The van der Waals surface area contributed by atoms with Gasteiger partial charge in [-0.25, -0.2) is 0 Å². The Bertz CT molecular complexity index is 323. The summed E-state index contributed by atoms with van der Waals surface area (Å²) in [4.78, 5) is 10.9. The third-order valence-electron chi connectivity index (χ3n) is 1.78. The van der Waals surface area contributed by atoms with E-state index in [1.807, 2.05) is 18.4 Å². The van der Waals surface area contributed by atoms with Crippen molar-refractivity contribution in [1.29, 1.82) is 0 Å². The molecule has 1 rings (SSSR count). The third kappa shape index (κ3) is 2.47. The molecule has 1 aromatic rings. The molecule has 0 aliphatic carbocycles. The SMILES string of the molecule is CC(C)n1cnnc1S[C@H](C)C(N)=O. The van der Waals surface area contributed by atoms with E-state index >= 15 is 0 Å². The molecule has 1 atom stereocenters. The second kappa shape index (κ2) is 4.45. The topological polar surface area (TPSA) is 73.8 Å². The molecule has 1 aromatic heterocycles. The van der Waals surface area contributed by atoms with Crippen LogP contribution in [0.2, 0.25) is 0 Å².